The van der Waals surface area contributed by atoms with E-state index in [0.717, 1.165) is 33.9 Å². The lowest BCUT2D eigenvalue weighted by Gasteiger charge is -2.41. The number of nitrogens with two attached hydrogens (primary N) is 1. The highest BCUT2D eigenvalue weighted by Crippen LogP contribution is 2.55. The third-order valence-corrected chi connectivity index (χ3v) is 8.74. The standard InChI is InChI=1S/C38H43NO6/c1-27-13-14-32-36-33-22-35(43-25-30-11-7-4-8-12-30)34(42-24-29-9-5-3-6-10-29)21-31(33)23-38(36,26-44-37(32)28(27)2)45-20-19-41-18-17-40-16-15-39/h3-14,21-22,36H,15-20,23-26,39H2,1-2H3. The molecule has 0 spiro atoms. The molecule has 6 rings (SSSR count). The minimum Gasteiger partial charge on any atom is -0.490 e. The topological polar surface area (TPSA) is 81.4 Å². The lowest BCUT2D eigenvalue weighted by molar-refractivity contribution is -0.102. The van der Waals surface area contributed by atoms with Crippen LogP contribution >= 0.6 is 0 Å². The molecule has 2 aliphatic rings. The molecular formula is C38H43NO6. The van der Waals surface area contributed by atoms with Crippen molar-refractivity contribution >= 4 is 0 Å². The number of aryl methyl sites for hydroxylation is 1. The fourth-order valence-electron chi connectivity index (χ4n) is 6.34. The van der Waals surface area contributed by atoms with E-state index in [-0.39, 0.29) is 5.92 Å². The summed E-state index contributed by atoms with van der Waals surface area (Å²) in [6.45, 7) is 8.56. The monoisotopic (exact) mass is 609 g/mol. The third kappa shape index (κ3) is 7.02. The Hall–Kier alpha value is -3.88. The zero-order chi connectivity index (χ0) is 31.1. The number of ether oxygens (including phenoxy) is 6. The summed E-state index contributed by atoms with van der Waals surface area (Å²) < 4.78 is 37.5. The van der Waals surface area contributed by atoms with Gasteiger partial charge >= 0.3 is 0 Å². The zero-order valence-corrected chi connectivity index (χ0v) is 26.3. The van der Waals surface area contributed by atoms with Gasteiger partial charge in [-0.05, 0) is 59.4 Å². The van der Waals surface area contributed by atoms with E-state index in [1.165, 1.54) is 22.3 Å². The van der Waals surface area contributed by atoms with E-state index in [1.807, 2.05) is 36.4 Å². The number of rotatable bonds is 15. The second-order valence-corrected chi connectivity index (χ2v) is 11.8. The minimum absolute atomic E-state index is 0.0225. The van der Waals surface area contributed by atoms with E-state index in [4.69, 9.17) is 34.2 Å². The SMILES string of the molecule is Cc1ccc2c(c1C)OCC1(OCCOCCOCCN)Cc3cc(OCc4ccccc4)c(OCc4ccccc4)cc3C21. The summed E-state index contributed by atoms with van der Waals surface area (Å²) in [5.41, 5.74) is 13.0. The van der Waals surface area contributed by atoms with Crippen LogP contribution in [0.25, 0.3) is 0 Å². The normalized spacial score (nSPS) is 18.1. The molecule has 0 aromatic heterocycles. The van der Waals surface area contributed by atoms with Gasteiger partial charge in [-0.25, -0.2) is 0 Å². The van der Waals surface area contributed by atoms with Gasteiger partial charge in [-0.3, -0.25) is 0 Å². The molecule has 236 valence electrons. The summed E-state index contributed by atoms with van der Waals surface area (Å²) in [5, 5.41) is 0. The van der Waals surface area contributed by atoms with Crippen LogP contribution in [0.3, 0.4) is 0 Å². The second kappa shape index (κ2) is 14.5. The average molecular weight is 610 g/mol. The Balaban J connectivity index is 1.31. The molecule has 2 atom stereocenters. The van der Waals surface area contributed by atoms with Crippen LogP contribution in [0.15, 0.2) is 84.9 Å². The van der Waals surface area contributed by atoms with E-state index in [0.29, 0.717) is 65.8 Å². The molecule has 2 N–H and O–H groups in total. The van der Waals surface area contributed by atoms with Crippen molar-refractivity contribution in [3.63, 3.8) is 0 Å². The van der Waals surface area contributed by atoms with Crippen LogP contribution in [0.2, 0.25) is 0 Å². The van der Waals surface area contributed by atoms with Gasteiger partial charge < -0.3 is 34.2 Å². The fraction of sp³-hybridized carbons (Fsp3) is 0.368. The molecule has 1 aliphatic carbocycles. The number of benzene rings is 4. The van der Waals surface area contributed by atoms with Gasteiger partial charge in [-0.2, -0.15) is 0 Å². The van der Waals surface area contributed by atoms with Gasteiger partial charge in [0.25, 0.3) is 0 Å². The maximum absolute atomic E-state index is 6.78. The maximum Gasteiger partial charge on any atom is 0.162 e. The molecule has 0 saturated carbocycles. The van der Waals surface area contributed by atoms with E-state index >= 15 is 0 Å². The molecule has 7 nitrogen and oxygen atoms in total. The zero-order valence-electron chi connectivity index (χ0n) is 26.3. The molecule has 4 aromatic rings. The van der Waals surface area contributed by atoms with Crippen molar-refractivity contribution in [1.82, 2.24) is 0 Å². The van der Waals surface area contributed by atoms with E-state index in [1.54, 1.807) is 0 Å². The Morgan fingerprint density at radius 3 is 2.02 bits per heavy atom. The summed E-state index contributed by atoms with van der Waals surface area (Å²) in [5.74, 6) is 2.38. The van der Waals surface area contributed by atoms with Crippen molar-refractivity contribution in [3.8, 4) is 17.2 Å². The van der Waals surface area contributed by atoms with E-state index in [2.05, 4.69) is 62.4 Å². The van der Waals surface area contributed by atoms with Crippen molar-refractivity contribution < 1.29 is 28.4 Å². The summed E-state index contributed by atoms with van der Waals surface area (Å²) in [6.07, 6.45) is 0.694. The summed E-state index contributed by atoms with van der Waals surface area (Å²) in [4.78, 5) is 0. The van der Waals surface area contributed by atoms with E-state index in [9.17, 15) is 0 Å². The molecule has 4 aromatic carbocycles. The molecule has 7 heteroatoms. The van der Waals surface area contributed by atoms with Crippen molar-refractivity contribution in [2.24, 2.45) is 5.73 Å². The lowest BCUT2D eigenvalue weighted by Crippen LogP contribution is -2.47. The Kier molecular flexibility index (Phi) is 10.0. The first-order chi connectivity index (χ1) is 22.1. The van der Waals surface area contributed by atoms with Crippen LogP contribution in [-0.4, -0.2) is 51.8 Å². The van der Waals surface area contributed by atoms with Gasteiger partial charge in [0, 0.05) is 24.4 Å². The Morgan fingerprint density at radius 1 is 0.733 bits per heavy atom. The molecule has 0 saturated heterocycles. The molecule has 1 aliphatic heterocycles. The van der Waals surface area contributed by atoms with Crippen molar-refractivity contribution in [3.05, 3.63) is 124 Å². The summed E-state index contributed by atoms with van der Waals surface area (Å²) in [7, 11) is 0. The number of hydrogen-bond acceptors (Lipinski definition) is 7. The van der Waals surface area contributed by atoms with Crippen LogP contribution < -0.4 is 19.9 Å². The van der Waals surface area contributed by atoms with Gasteiger partial charge in [0.1, 0.15) is 31.2 Å². The average Bonchev–Trinajstić information content (AvgIpc) is 3.40. The highest BCUT2D eigenvalue weighted by molar-refractivity contribution is 5.60. The molecular weight excluding hydrogens is 566 g/mol. The summed E-state index contributed by atoms with van der Waals surface area (Å²) in [6, 6.07) is 29.1. The van der Waals surface area contributed by atoms with Gasteiger partial charge in [0.2, 0.25) is 0 Å². The molecule has 1 heterocycles. The molecule has 0 fully saturated rings. The van der Waals surface area contributed by atoms with Crippen molar-refractivity contribution in [1.29, 1.82) is 0 Å². The predicted octanol–water partition coefficient (Wildman–Crippen LogP) is 6.29. The van der Waals surface area contributed by atoms with Crippen LogP contribution in [0.4, 0.5) is 0 Å². The molecule has 0 radical (unpaired) electrons. The second-order valence-electron chi connectivity index (χ2n) is 11.8. The van der Waals surface area contributed by atoms with Gasteiger partial charge in [0.15, 0.2) is 11.5 Å². The third-order valence-electron chi connectivity index (χ3n) is 8.74. The van der Waals surface area contributed by atoms with Crippen LogP contribution in [0.1, 0.15) is 44.9 Å². The van der Waals surface area contributed by atoms with Crippen LogP contribution in [0, 0.1) is 13.8 Å². The lowest BCUT2D eigenvalue weighted by atomic mass is 9.79. The largest absolute Gasteiger partial charge is 0.490 e. The Labute approximate surface area is 266 Å². The Morgan fingerprint density at radius 2 is 1.36 bits per heavy atom. The number of hydrogen-bond donors (Lipinski definition) is 1. The smallest absolute Gasteiger partial charge is 0.162 e. The van der Waals surface area contributed by atoms with E-state index < -0.39 is 5.60 Å². The van der Waals surface area contributed by atoms with Gasteiger partial charge in [-0.15, -0.1) is 0 Å². The van der Waals surface area contributed by atoms with Gasteiger partial charge in [-0.1, -0.05) is 72.8 Å². The quantitative estimate of drug-likeness (QED) is 0.159. The molecule has 0 amide bonds. The Bertz CT molecular complexity index is 1560. The predicted molar refractivity (Wildman–Crippen MR) is 174 cm³/mol. The summed E-state index contributed by atoms with van der Waals surface area (Å²) >= 11 is 0. The molecule has 45 heavy (non-hydrogen) atoms. The maximum atomic E-state index is 6.78. The molecule has 2 unspecified atom stereocenters. The fourth-order valence-corrected chi connectivity index (χ4v) is 6.34. The highest BCUT2D eigenvalue weighted by Gasteiger charge is 2.53. The number of fused-ring (bicyclic) bond motifs is 5. The molecule has 0 bridgehead atoms. The van der Waals surface area contributed by atoms with Crippen LogP contribution in [-0.2, 0) is 33.8 Å². The first-order valence-electron chi connectivity index (χ1n) is 15.8. The highest BCUT2D eigenvalue weighted by atomic mass is 16.6. The van der Waals surface area contributed by atoms with Gasteiger partial charge in [0.05, 0.1) is 33.0 Å². The van der Waals surface area contributed by atoms with Crippen LogP contribution in [0.5, 0.6) is 17.2 Å². The van der Waals surface area contributed by atoms with Crippen molar-refractivity contribution in [2.45, 2.75) is 45.0 Å². The van der Waals surface area contributed by atoms with Crippen molar-refractivity contribution in [2.75, 3.05) is 46.2 Å². The first-order valence-corrected chi connectivity index (χ1v) is 15.8. The first kappa shape index (κ1) is 31.1. The minimum atomic E-state index is -0.578.